The van der Waals surface area contributed by atoms with Crippen LogP contribution in [0.3, 0.4) is 0 Å². The van der Waals surface area contributed by atoms with Crippen LogP contribution in [-0.4, -0.2) is 72.4 Å². The zero-order valence-electron chi connectivity index (χ0n) is 16.1. The summed E-state index contributed by atoms with van der Waals surface area (Å²) in [5, 5.41) is 2.42. The second-order valence-electron chi connectivity index (χ2n) is 7.58. The average molecular weight is 378 g/mol. The first kappa shape index (κ1) is 17.9. The predicted octanol–water partition coefficient (Wildman–Crippen LogP) is 2.45. The number of nitrogens with zero attached hydrogens (tertiary/aromatic N) is 4. The van der Waals surface area contributed by atoms with Crippen molar-refractivity contribution < 1.29 is 9.47 Å². The van der Waals surface area contributed by atoms with Gasteiger partial charge in [-0.3, -0.25) is 9.80 Å². The summed E-state index contributed by atoms with van der Waals surface area (Å²) in [6.45, 7) is 8.66. The van der Waals surface area contributed by atoms with E-state index < -0.39 is 0 Å². The second kappa shape index (κ2) is 8.09. The fourth-order valence-corrected chi connectivity index (χ4v) is 4.01. The summed E-state index contributed by atoms with van der Waals surface area (Å²) >= 11 is 0. The van der Waals surface area contributed by atoms with Gasteiger partial charge in [-0.05, 0) is 22.9 Å². The molecule has 3 heterocycles. The molecule has 0 saturated carbocycles. The minimum Gasteiger partial charge on any atom is -0.379 e. The van der Waals surface area contributed by atoms with Crippen molar-refractivity contribution in [2.24, 2.45) is 0 Å². The zero-order chi connectivity index (χ0) is 18.8. The highest BCUT2D eigenvalue weighted by molar-refractivity contribution is 5.94. The summed E-state index contributed by atoms with van der Waals surface area (Å²) in [6.07, 6.45) is 0. The molecule has 0 amide bonds. The normalized spacial score (nSPS) is 19.4. The van der Waals surface area contributed by atoms with Gasteiger partial charge in [0, 0.05) is 39.3 Å². The molecule has 2 saturated heterocycles. The first-order chi connectivity index (χ1) is 13.8. The molecule has 0 N–H and O–H groups in total. The minimum absolute atomic E-state index is 0.796. The predicted molar refractivity (Wildman–Crippen MR) is 109 cm³/mol. The third-order valence-electron chi connectivity index (χ3n) is 5.64. The summed E-state index contributed by atoms with van der Waals surface area (Å²) in [5.41, 5.74) is 4.15. The molecule has 2 aromatic carbocycles. The van der Waals surface area contributed by atoms with Gasteiger partial charge in [0.25, 0.3) is 0 Å². The molecule has 6 heteroatoms. The van der Waals surface area contributed by atoms with Gasteiger partial charge in [-0.15, -0.1) is 0 Å². The van der Waals surface area contributed by atoms with Crippen molar-refractivity contribution in [3.05, 3.63) is 47.8 Å². The number of benzene rings is 2. The molecule has 5 rings (SSSR count). The lowest BCUT2D eigenvalue weighted by molar-refractivity contribution is 0.0300. The molecule has 0 radical (unpaired) electrons. The quantitative estimate of drug-likeness (QED) is 0.650. The van der Waals surface area contributed by atoms with Crippen molar-refractivity contribution >= 4 is 21.8 Å². The fourth-order valence-electron chi connectivity index (χ4n) is 4.01. The summed E-state index contributed by atoms with van der Waals surface area (Å²) in [5.74, 6) is 0. The van der Waals surface area contributed by atoms with E-state index in [0.717, 1.165) is 88.1 Å². The molecule has 0 unspecified atom stereocenters. The molecule has 146 valence electrons. The number of rotatable bonds is 4. The third-order valence-corrected chi connectivity index (χ3v) is 5.64. The molecule has 3 aromatic rings. The fraction of sp³-hybridized carbons (Fsp3) is 0.455. The Morgan fingerprint density at radius 2 is 1.11 bits per heavy atom. The molecule has 0 spiro atoms. The second-order valence-corrected chi connectivity index (χ2v) is 7.58. The largest absolute Gasteiger partial charge is 0.379 e. The number of fused-ring (bicyclic) bond motifs is 2. The summed E-state index contributed by atoms with van der Waals surface area (Å²) < 4.78 is 11.0. The molecule has 0 bridgehead atoms. The Morgan fingerprint density at radius 3 is 1.54 bits per heavy atom. The lowest BCUT2D eigenvalue weighted by Gasteiger charge is -2.29. The van der Waals surface area contributed by atoms with Crippen LogP contribution in [0.5, 0.6) is 0 Å². The lowest BCUT2D eigenvalue weighted by Crippen LogP contribution is -2.38. The van der Waals surface area contributed by atoms with Gasteiger partial charge < -0.3 is 9.47 Å². The Bertz CT molecular complexity index is 887. The van der Waals surface area contributed by atoms with E-state index in [-0.39, 0.29) is 0 Å². The monoisotopic (exact) mass is 378 g/mol. The van der Waals surface area contributed by atoms with E-state index in [4.69, 9.17) is 19.4 Å². The maximum atomic E-state index is 5.51. The van der Waals surface area contributed by atoms with Crippen LogP contribution in [0.1, 0.15) is 11.4 Å². The average Bonchev–Trinajstić information content (AvgIpc) is 2.74. The summed E-state index contributed by atoms with van der Waals surface area (Å²) in [7, 11) is 0. The molecule has 6 nitrogen and oxygen atoms in total. The van der Waals surface area contributed by atoms with Crippen LogP contribution < -0.4 is 0 Å². The highest BCUT2D eigenvalue weighted by Crippen LogP contribution is 2.23. The van der Waals surface area contributed by atoms with E-state index >= 15 is 0 Å². The van der Waals surface area contributed by atoms with Crippen LogP contribution in [0.15, 0.2) is 36.4 Å². The van der Waals surface area contributed by atoms with E-state index in [0.29, 0.717) is 0 Å². The van der Waals surface area contributed by atoms with Gasteiger partial charge in [-0.25, -0.2) is 9.97 Å². The Morgan fingerprint density at radius 1 is 0.679 bits per heavy atom. The number of aromatic nitrogens is 2. The molecule has 0 aliphatic carbocycles. The molecule has 0 atom stereocenters. The van der Waals surface area contributed by atoms with Crippen molar-refractivity contribution in [1.82, 2.24) is 19.8 Å². The highest BCUT2D eigenvalue weighted by Gasteiger charge is 2.19. The number of morpholine rings is 2. The van der Waals surface area contributed by atoms with Crippen LogP contribution in [0.2, 0.25) is 0 Å². The van der Waals surface area contributed by atoms with Crippen LogP contribution >= 0.6 is 0 Å². The molecule has 1 aromatic heterocycles. The van der Waals surface area contributed by atoms with Crippen LogP contribution in [-0.2, 0) is 22.6 Å². The van der Waals surface area contributed by atoms with Gasteiger partial charge in [0.1, 0.15) is 0 Å². The Balaban J connectivity index is 1.53. The van der Waals surface area contributed by atoms with Crippen molar-refractivity contribution in [3.8, 4) is 0 Å². The number of hydrogen-bond acceptors (Lipinski definition) is 6. The van der Waals surface area contributed by atoms with Crippen molar-refractivity contribution in [3.63, 3.8) is 0 Å². The maximum Gasteiger partial charge on any atom is 0.0897 e. The Hall–Kier alpha value is -2.12. The van der Waals surface area contributed by atoms with E-state index in [1.807, 2.05) is 0 Å². The third kappa shape index (κ3) is 3.86. The van der Waals surface area contributed by atoms with Gasteiger partial charge in [-0.1, -0.05) is 24.3 Å². The van der Waals surface area contributed by atoms with Crippen molar-refractivity contribution in [1.29, 1.82) is 0 Å². The molecular weight excluding hydrogens is 352 g/mol. The standard InChI is InChI=1S/C22H26N4O2/c1-2-4-18-14-20-19(13-17(18)3-1)23-21(15-25-5-9-27-10-6-25)22(24-20)16-26-7-11-28-12-8-26/h1-4,13-14H,5-12,15-16H2. The molecule has 2 aliphatic rings. The summed E-state index contributed by atoms with van der Waals surface area (Å²) in [4.78, 5) is 15.0. The topological polar surface area (TPSA) is 50.7 Å². The van der Waals surface area contributed by atoms with E-state index in [9.17, 15) is 0 Å². The molecular formula is C22H26N4O2. The van der Waals surface area contributed by atoms with Crippen LogP contribution in [0.4, 0.5) is 0 Å². The van der Waals surface area contributed by atoms with Gasteiger partial charge >= 0.3 is 0 Å². The van der Waals surface area contributed by atoms with Crippen molar-refractivity contribution in [2.75, 3.05) is 52.6 Å². The highest BCUT2D eigenvalue weighted by atomic mass is 16.5. The van der Waals surface area contributed by atoms with Gasteiger partial charge in [0.2, 0.25) is 0 Å². The Kier molecular flexibility index (Phi) is 5.18. The van der Waals surface area contributed by atoms with E-state index in [1.54, 1.807) is 0 Å². The maximum absolute atomic E-state index is 5.51. The first-order valence-corrected chi connectivity index (χ1v) is 10.1. The van der Waals surface area contributed by atoms with E-state index in [2.05, 4.69) is 46.2 Å². The zero-order valence-corrected chi connectivity index (χ0v) is 16.1. The smallest absolute Gasteiger partial charge is 0.0897 e. The first-order valence-electron chi connectivity index (χ1n) is 10.1. The number of hydrogen-bond donors (Lipinski definition) is 0. The molecule has 2 fully saturated rings. The van der Waals surface area contributed by atoms with Crippen LogP contribution in [0, 0.1) is 0 Å². The van der Waals surface area contributed by atoms with Crippen LogP contribution in [0.25, 0.3) is 21.8 Å². The molecule has 2 aliphatic heterocycles. The number of ether oxygens (including phenoxy) is 2. The van der Waals surface area contributed by atoms with Gasteiger partial charge in [0.05, 0.1) is 48.8 Å². The summed E-state index contributed by atoms with van der Waals surface area (Å²) in [6, 6.07) is 12.8. The van der Waals surface area contributed by atoms with Gasteiger partial charge in [-0.2, -0.15) is 0 Å². The SMILES string of the molecule is c1ccc2cc3nc(CN4CCOCC4)c(CN4CCOCC4)nc3cc2c1. The molecule has 28 heavy (non-hydrogen) atoms. The van der Waals surface area contributed by atoms with Gasteiger partial charge in [0.15, 0.2) is 0 Å². The van der Waals surface area contributed by atoms with Crippen molar-refractivity contribution in [2.45, 2.75) is 13.1 Å². The Labute approximate surface area is 165 Å². The lowest BCUT2D eigenvalue weighted by atomic mass is 10.1. The minimum atomic E-state index is 0.796. The van der Waals surface area contributed by atoms with E-state index in [1.165, 1.54) is 10.8 Å².